The average Bonchev–Trinajstić information content (AvgIpc) is 3.13. The number of nitrogens with zero attached hydrogens (tertiary/aromatic N) is 5. The first-order valence-corrected chi connectivity index (χ1v) is 9.79. The van der Waals surface area contributed by atoms with Crippen molar-refractivity contribution in [1.82, 2.24) is 25.1 Å². The van der Waals surface area contributed by atoms with Gasteiger partial charge in [0.15, 0.2) is 0 Å². The predicted octanol–water partition coefficient (Wildman–Crippen LogP) is 3.07. The molecule has 0 unspecified atom stereocenters. The number of aromatic nitrogens is 3. The summed E-state index contributed by atoms with van der Waals surface area (Å²) in [5.74, 6) is 0.349. The van der Waals surface area contributed by atoms with Gasteiger partial charge in [0.05, 0.1) is 17.9 Å². The molecule has 3 heterocycles. The summed E-state index contributed by atoms with van der Waals surface area (Å²) in [6, 6.07) is 13.5. The molecule has 0 spiro atoms. The molecule has 0 radical (unpaired) electrons. The van der Waals surface area contributed by atoms with Gasteiger partial charge in [-0.05, 0) is 43.2 Å². The molecule has 1 aliphatic heterocycles. The number of amides is 1. The standard InChI is InChI=1S/C22H24N6O2/c1-16-15-26(12-10-20(29)24-14-18-7-6-11-23-13-18)28(30)22-21(16)17(2)27(25-22)19-8-4-3-5-9-19/h3-9,11,13,15,30H,10,12,14H2,1-2H3,(H,24,29). The zero-order valence-corrected chi connectivity index (χ0v) is 17.0. The fourth-order valence-electron chi connectivity index (χ4n) is 3.54. The molecule has 3 aromatic rings. The maximum atomic E-state index is 12.2. The van der Waals surface area contributed by atoms with E-state index in [2.05, 4.69) is 15.4 Å². The van der Waals surface area contributed by atoms with Crippen molar-refractivity contribution < 1.29 is 10.0 Å². The lowest BCUT2D eigenvalue weighted by Crippen LogP contribution is -2.41. The van der Waals surface area contributed by atoms with Gasteiger partial charge in [-0.2, -0.15) is 0 Å². The lowest BCUT2D eigenvalue weighted by molar-refractivity contribution is -0.121. The van der Waals surface area contributed by atoms with E-state index in [4.69, 9.17) is 0 Å². The largest absolute Gasteiger partial charge is 0.352 e. The molecule has 0 fully saturated rings. The van der Waals surface area contributed by atoms with Crippen LogP contribution in [0.3, 0.4) is 0 Å². The Morgan fingerprint density at radius 2 is 1.93 bits per heavy atom. The summed E-state index contributed by atoms with van der Waals surface area (Å²) in [6.07, 6.45) is 5.48. The number of anilines is 1. The van der Waals surface area contributed by atoms with Crippen molar-refractivity contribution in [2.75, 3.05) is 11.7 Å². The van der Waals surface area contributed by atoms with Crippen molar-refractivity contribution >= 4 is 17.3 Å². The van der Waals surface area contributed by atoms with Crippen LogP contribution in [0.15, 0.2) is 61.1 Å². The summed E-state index contributed by atoms with van der Waals surface area (Å²) >= 11 is 0. The van der Waals surface area contributed by atoms with E-state index in [-0.39, 0.29) is 12.3 Å². The lowest BCUT2D eigenvalue weighted by atomic mass is 10.1. The number of rotatable bonds is 6. The summed E-state index contributed by atoms with van der Waals surface area (Å²) in [7, 11) is 0. The Labute approximate surface area is 175 Å². The average molecular weight is 404 g/mol. The van der Waals surface area contributed by atoms with Crippen LogP contribution in [0.1, 0.15) is 30.2 Å². The number of benzene rings is 1. The number of pyridine rings is 1. The first-order valence-electron chi connectivity index (χ1n) is 9.79. The molecule has 8 heteroatoms. The van der Waals surface area contributed by atoms with Gasteiger partial charge < -0.3 is 5.32 Å². The Morgan fingerprint density at radius 3 is 2.67 bits per heavy atom. The molecule has 0 aliphatic carbocycles. The van der Waals surface area contributed by atoms with Gasteiger partial charge >= 0.3 is 0 Å². The molecule has 4 rings (SSSR count). The van der Waals surface area contributed by atoms with E-state index in [1.807, 2.05) is 67.2 Å². The molecular weight excluding hydrogens is 380 g/mol. The number of hydrogen-bond donors (Lipinski definition) is 2. The number of hydrogen-bond acceptors (Lipinski definition) is 6. The number of para-hydroxylation sites is 1. The summed E-state index contributed by atoms with van der Waals surface area (Å²) in [5, 5.41) is 20.8. The normalized spacial score (nSPS) is 13.1. The van der Waals surface area contributed by atoms with Crippen molar-refractivity contribution in [2.24, 2.45) is 0 Å². The lowest BCUT2D eigenvalue weighted by Gasteiger charge is -2.32. The summed E-state index contributed by atoms with van der Waals surface area (Å²) in [4.78, 5) is 16.3. The summed E-state index contributed by atoms with van der Waals surface area (Å²) < 4.78 is 1.81. The number of nitrogens with one attached hydrogen (secondary N) is 1. The monoisotopic (exact) mass is 404 g/mol. The maximum Gasteiger partial charge on any atom is 0.222 e. The predicted molar refractivity (Wildman–Crippen MR) is 114 cm³/mol. The Bertz CT molecular complexity index is 1060. The van der Waals surface area contributed by atoms with E-state index in [9.17, 15) is 10.0 Å². The molecule has 0 saturated heterocycles. The molecule has 8 nitrogen and oxygen atoms in total. The smallest absolute Gasteiger partial charge is 0.222 e. The fourth-order valence-corrected chi connectivity index (χ4v) is 3.54. The van der Waals surface area contributed by atoms with Gasteiger partial charge in [-0.1, -0.05) is 24.3 Å². The molecule has 1 aromatic carbocycles. The van der Waals surface area contributed by atoms with Gasteiger partial charge in [-0.15, -0.1) is 10.3 Å². The number of carbonyl (C=O) groups excluding carboxylic acids is 1. The van der Waals surface area contributed by atoms with Crippen LogP contribution in [0.2, 0.25) is 0 Å². The van der Waals surface area contributed by atoms with Gasteiger partial charge in [0.2, 0.25) is 11.7 Å². The minimum absolute atomic E-state index is 0.102. The topological polar surface area (TPSA) is 86.5 Å². The highest BCUT2D eigenvalue weighted by Crippen LogP contribution is 2.35. The molecule has 0 bridgehead atoms. The Hall–Kier alpha value is -3.65. The van der Waals surface area contributed by atoms with E-state index in [0.29, 0.717) is 18.9 Å². The second-order valence-electron chi connectivity index (χ2n) is 7.18. The highest BCUT2D eigenvalue weighted by atomic mass is 16.6. The first kappa shape index (κ1) is 19.7. The number of fused-ring (bicyclic) bond motifs is 1. The Balaban J connectivity index is 1.44. The minimum atomic E-state index is -0.102. The number of carbonyl (C=O) groups is 1. The molecule has 1 amide bonds. The third-order valence-electron chi connectivity index (χ3n) is 5.05. The van der Waals surface area contributed by atoms with Crippen molar-refractivity contribution in [3.63, 3.8) is 0 Å². The quantitative estimate of drug-likeness (QED) is 0.657. The fraction of sp³-hybridized carbons (Fsp3) is 0.227. The second kappa shape index (κ2) is 8.38. The number of hydrazine groups is 1. The number of allylic oxidation sites excluding steroid dienone is 1. The van der Waals surface area contributed by atoms with Gasteiger partial charge in [0.1, 0.15) is 0 Å². The van der Waals surface area contributed by atoms with Gasteiger partial charge in [0, 0.05) is 37.1 Å². The van der Waals surface area contributed by atoms with Crippen molar-refractivity contribution in [2.45, 2.75) is 26.8 Å². The van der Waals surface area contributed by atoms with Gasteiger partial charge in [-0.25, -0.2) is 4.68 Å². The minimum Gasteiger partial charge on any atom is -0.352 e. The maximum absolute atomic E-state index is 12.2. The third-order valence-corrected chi connectivity index (χ3v) is 5.05. The first-order chi connectivity index (χ1) is 14.5. The third kappa shape index (κ3) is 3.90. The molecule has 30 heavy (non-hydrogen) atoms. The Kier molecular flexibility index (Phi) is 5.49. The van der Waals surface area contributed by atoms with Crippen molar-refractivity contribution in [3.05, 3.63) is 77.9 Å². The molecule has 0 saturated carbocycles. The van der Waals surface area contributed by atoms with E-state index in [0.717, 1.165) is 33.3 Å². The second-order valence-corrected chi connectivity index (χ2v) is 7.18. The van der Waals surface area contributed by atoms with Crippen molar-refractivity contribution in [3.8, 4) is 5.69 Å². The molecular formula is C22H24N6O2. The van der Waals surface area contributed by atoms with Gasteiger partial charge in [-0.3, -0.25) is 20.0 Å². The van der Waals surface area contributed by atoms with E-state index in [1.165, 1.54) is 0 Å². The van der Waals surface area contributed by atoms with Crippen molar-refractivity contribution in [1.29, 1.82) is 0 Å². The molecule has 2 N–H and O–H groups in total. The molecule has 0 atom stereocenters. The molecule has 2 aromatic heterocycles. The van der Waals surface area contributed by atoms with Crippen LogP contribution < -0.4 is 10.5 Å². The van der Waals surface area contributed by atoms with E-state index >= 15 is 0 Å². The van der Waals surface area contributed by atoms with Crippen LogP contribution in [0.4, 0.5) is 5.82 Å². The van der Waals surface area contributed by atoms with Crippen LogP contribution in [0.25, 0.3) is 11.3 Å². The summed E-state index contributed by atoms with van der Waals surface area (Å²) in [5.41, 5.74) is 4.67. The van der Waals surface area contributed by atoms with Crippen LogP contribution in [-0.4, -0.2) is 37.4 Å². The van der Waals surface area contributed by atoms with Gasteiger partial charge in [0.25, 0.3) is 0 Å². The van der Waals surface area contributed by atoms with Crippen LogP contribution in [0.5, 0.6) is 0 Å². The van der Waals surface area contributed by atoms with E-state index < -0.39 is 0 Å². The molecule has 1 aliphatic rings. The van der Waals surface area contributed by atoms with E-state index in [1.54, 1.807) is 17.4 Å². The SMILES string of the molecule is CC1=CN(CCC(=O)NCc2cccnc2)N(O)c2nn(-c3ccccc3)c(C)c21. The summed E-state index contributed by atoms with van der Waals surface area (Å²) in [6.45, 7) is 4.70. The zero-order valence-electron chi connectivity index (χ0n) is 17.0. The van der Waals surface area contributed by atoms with Crippen LogP contribution >= 0.6 is 0 Å². The highest BCUT2D eigenvalue weighted by molar-refractivity contribution is 5.78. The molecule has 154 valence electrons. The van der Waals surface area contributed by atoms with Crippen LogP contribution in [-0.2, 0) is 11.3 Å². The Morgan fingerprint density at radius 1 is 1.13 bits per heavy atom. The highest BCUT2D eigenvalue weighted by Gasteiger charge is 2.28. The zero-order chi connectivity index (χ0) is 21.1. The van der Waals surface area contributed by atoms with Crippen LogP contribution in [0, 0.1) is 6.92 Å².